The van der Waals surface area contributed by atoms with Crippen LogP contribution in [0.4, 0.5) is 8.78 Å². The van der Waals surface area contributed by atoms with Crippen LogP contribution in [0, 0.1) is 29.9 Å². The summed E-state index contributed by atoms with van der Waals surface area (Å²) in [6.45, 7) is 1.74. The molecular formula is C16H11F2NO2. The largest absolute Gasteiger partial charge is 0.483 e. The Balaban J connectivity index is 2.21. The Kier molecular flexibility index (Phi) is 4.29. The molecule has 2 aromatic rings. The standard InChI is InChI=1S/C16H11F2NO2/c1-10-4-11(7-19)2-3-13(10)9-21-16-14(17)5-12(8-20)6-15(16)18/h2-6,8H,9H2,1H3. The number of hydrogen-bond donors (Lipinski definition) is 0. The van der Waals surface area contributed by atoms with Crippen LogP contribution in [0.25, 0.3) is 0 Å². The van der Waals surface area contributed by atoms with Crippen LogP contribution in [0.5, 0.6) is 5.75 Å². The van der Waals surface area contributed by atoms with Crippen molar-refractivity contribution in [1.82, 2.24) is 0 Å². The summed E-state index contributed by atoms with van der Waals surface area (Å²) in [7, 11) is 0. The van der Waals surface area contributed by atoms with E-state index < -0.39 is 17.4 Å². The van der Waals surface area contributed by atoms with Gasteiger partial charge in [0, 0.05) is 5.56 Å². The Morgan fingerprint density at radius 1 is 1.24 bits per heavy atom. The first-order valence-electron chi connectivity index (χ1n) is 6.12. The van der Waals surface area contributed by atoms with Crippen molar-refractivity contribution in [1.29, 1.82) is 5.26 Å². The van der Waals surface area contributed by atoms with Gasteiger partial charge in [-0.15, -0.1) is 0 Å². The van der Waals surface area contributed by atoms with E-state index in [1.165, 1.54) is 0 Å². The lowest BCUT2D eigenvalue weighted by Crippen LogP contribution is -2.02. The lowest BCUT2D eigenvalue weighted by atomic mass is 10.1. The summed E-state index contributed by atoms with van der Waals surface area (Å²) in [6, 6.07) is 8.78. The molecule has 106 valence electrons. The van der Waals surface area contributed by atoms with Crippen LogP contribution < -0.4 is 4.74 Å². The second kappa shape index (κ2) is 6.14. The summed E-state index contributed by atoms with van der Waals surface area (Å²) in [4.78, 5) is 10.5. The van der Waals surface area contributed by atoms with Crippen molar-refractivity contribution >= 4 is 6.29 Å². The Morgan fingerprint density at radius 2 is 1.90 bits per heavy atom. The fourth-order valence-electron chi connectivity index (χ4n) is 1.86. The van der Waals surface area contributed by atoms with Crippen molar-refractivity contribution in [3.63, 3.8) is 0 Å². The van der Waals surface area contributed by atoms with Gasteiger partial charge in [-0.1, -0.05) is 6.07 Å². The second-order valence-corrected chi connectivity index (χ2v) is 4.47. The molecule has 0 amide bonds. The summed E-state index contributed by atoms with van der Waals surface area (Å²) in [6.07, 6.45) is 0.362. The predicted octanol–water partition coefficient (Wildman–Crippen LogP) is 3.54. The first-order chi connectivity index (χ1) is 10.0. The average molecular weight is 287 g/mol. The Labute approximate surface area is 120 Å². The highest BCUT2D eigenvalue weighted by molar-refractivity contribution is 5.75. The third-order valence-electron chi connectivity index (χ3n) is 3.00. The summed E-state index contributed by atoms with van der Waals surface area (Å²) in [5.74, 6) is -2.38. The van der Waals surface area contributed by atoms with Crippen LogP contribution >= 0.6 is 0 Å². The molecule has 3 nitrogen and oxygen atoms in total. The summed E-state index contributed by atoms with van der Waals surface area (Å²) in [5.41, 5.74) is 1.92. The van der Waals surface area contributed by atoms with E-state index in [-0.39, 0.29) is 12.2 Å². The third kappa shape index (κ3) is 3.23. The van der Waals surface area contributed by atoms with Crippen LogP contribution in [0.1, 0.15) is 27.0 Å². The van der Waals surface area contributed by atoms with Gasteiger partial charge in [0.2, 0.25) is 0 Å². The number of nitrogens with zero attached hydrogens (tertiary/aromatic N) is 1. The monoisotopic (exact) mass is 287 g/mol. The number of nitriles is 1. The van der Waals surface area contributed by atoms with E-state index in [0.29, 0.717) is 17.4 Å². The molecule has 0 atom stereocenters. The van der Waals surface area contributed by atoms with Crippen molar-refractivity contribution in [2.45, 2.75) is 13.5 Å². The molecule has 0 unspecified atom stereocenters. The molecule has 5 heteroatoms. The zero-order valence-electron chi connectivity index (χ0n) is 11.2. The maximum Gasteiger partial charge on any atom is 0.191 e. The van der Waals surface area contributed by atoms with E-state index in [9.17, 15) is 13.6 Å². The normalized spacial score (nSPS) is 10.0. The van der Waals surface area contributed by atoms with Gasteiger partial charge < -0.3 is 4.74 Å². The zero-order valence-corrected chi connectivity index (χ0v) is 11.2. The fourth-order valence-corrected chi connectivity index (χ4v) is 1.86. The molecule has 21 heavy (non-hydrogen) atoms. The first-order valence-corrected chi connectivity index (χ1v) is 6.12. The van der Waals surface area contributed by atoms with Crippen molar-refractivity contribution in [3.8, 4) is 11.8 Å². The van der Waals surface area contributed by atoms with Crippen molar-refractivity contribution in [2.75, 3.05) is 0 Å². The maximum absolute atomic E-state index is 13.7. The zero-order chi connectivity index (χ0) is 15.4. The number of rotatable bonds is 4. The summed E-state index contributed by atoms with van der Waals surface area (Å²) >= 11 is 0. The van der Waals surface area contributed by atoms with Crippen molar-refractivity contribution in [2.24, 2.45) is 0 Å². The number of ether oxygens (including phenoxy) is 1. The van der Waals surface area contributed by atoms with Crippen LogP contribution in [-0.2, 0) is 6.61 Å². The number of carbonyl (C=O) groups is 1. The molecule has 0 radical (unpaired) electrons. The molecule has 0 N–H and O–H groups in total. The van der Waals surface area contributed by atoms with Crippen LogP contribution in [0.2, 0.25) is 0 Å². The minimum Gasteiger partial charge on any atom is -0.483 e. The van der Waals surface area contributed by atoms with Gasteiger partial charge in [-0.2, -0.15) is 5.26 Å². The third-order valence-corrected chi connectivity index (χ3v) is 3.00. The van der Waals surface area contributed by atoms with E-state index in [2.05, 4.69) is 0 Å². The van der Waals surface area contributed by atoms with Gasteiger partial charge in [-0.25, -0.2) is 8.78 Å². The molecule has 0 aliphatic heterocycles. The highest BCUT2D eigenvalue weighted by Gasteiger charge is 2.13. The van der Waals surface area contributed by atoms with Gasteiger partial charge in [0.1, 0.15) is 12.9 Å². The fraction of sp³-hybridized carbons (Fsp3) is 0.125. The topological polar surface area (TPSA) is 50.1 Å². The van der Waals surface area contributed by atoms with Crippen LogP contribution in [0.15, 0.2) is 30.3 Å². The summed E-state index contributed by atoms with van der Waals surface area (Å²) in [5, 5.41) is 8.77. The van der Waals surface area contributed by atoms with Crippen molar-refractivity contribution < 1.29 is 18.3 Å². The number of hydrogen-bond acceptors (Lipinski definition) is 3. The molecule has 0 bridgehead atoms. The van der Waals surface area contributed by atoms with E-state index in [0.717, 1.165) is 17.7 Å². The van der Waals surface area contributed by atoms with Crippen molar-refractivity contribution in [3.05, 3.63) is 64.2 Å². The smallest absolute Gasteiger partial charge is 0.191 e. The molecule has 2 aromatic carbocycles. The lowest BCUT2D eigenvalue weighted by molar-refractivity contribution is 0.112. The number of aryl methyl sites for hydroxylation is 1. The quantitative estimate of drug-likeness (QED) is 0.808. The molecule has 2 rings (SSSR count). The minimum atomic E-state index is -0.927. The molecule has 0 spiro atoms. The highest BCUT2D eigenvalue weighted by atomic mass is 19.1. The SMILES string of the molecule is Cc1cc(C#N)ccc1COc1c(F)cc(C=O)cc1F. The first kappa shape index (κ1) is 14.7. The van der Waals surface area contributed by atoms with E-state index in [1.54, 1.807) is 25.1 Å². The van der Waals surface area contributed by atoms with Crippen LogP contribution in [0.3, 0.4) is 0 Å². The molecule has 0 saturated heterocycles. The average Bonchev–Trinajstić information content (AvgIpc) is 2.47. The lowest BCUT2D eigenvalue weighted by Gasteiger charge is -2.11. The highest BCUT2D eigenvalue weighted by Crippen LogP contribution is 2.24. The van der Waals surface area contributed by atoms with Gasteiger partial charge >= 0.3 is 0 Å². The molecular weight excluding hydrogens is 276 g/mol. The van der Waals surface area contributed by atoms with Crippen LogP contribution in [-0.4, -0.2) is 6.29 Å². The Hall–Kier alpha value is -2.74. The molecule has 0 heterocycles. The second-order valence-electron chi connectivity index (χ2n) is 4.47. The van der Waals surface area contributed by atoms with Gasteiger partial charge in [-0.05, 0) is 42.3 Å². The van der Waals surface area contributed by atoms with E-state index >= 15 is 0 Å². The molecule has 0 aromatic heterocycles. The van der Waals surface area contributed by atoms with E-state index in [1.807, 2.05) is 6.07 Å². The van der Waals surface area contributed by atoms with Gasteiger partial charge in [0.15, 0.2) is 17.4 Å². The van der Waals surface area contributed by atoms with E-state index in [4.69, 9.17) is 10.00 Å². The Bertz CT molecular complexity index is 713. The minimum absolute atomic E-state index is 0.0359. The molecule has 0 saturated carbocycles. The molecule has 0 fully saturated rings. The predicted molar refractivity (Wildman–Crippen MR) is 72.0 cm³/mol. The molecule has 0 aliphatic rings. The number of carbonyl (C=O) groups excluding carboxylic acids is 1. The molecule has 0 aliphatic carbocycles. The van der Waals surface area contributed by atoms with Gasteiger partial charge in [0.05, 0.1) is 11.6 Å². The van der Waals surface area contributed by atoms with Gasteiger partial charge in [-0.3, -0.25) is 4.79 Å². The van der Waals surface area contributed by atoms with Gasteiger partial charge in [0.25, 0.3) is 0 Å². The Morgan fingerprint density at radius 3 is 2.43 bits per heavy atom. The number of aldehydes is 1. The maximum atomic E-state index is 13.7. The number of halogens is 2. The summed E-state index contributed by atoms with van der Waals surface area (Å²) < 4.78 is 32.5. The number of benzene rings is 2.